The standard InChI is InChI=1S/C13H26N4/c1-6-9(3)8-10(4)15-13-12(14)11(7-2)16-17(13)5/h9-10,15H,6-8,14H2,1-5H3. The summed E-state index contributed by atoms with van der Waals surface area (Å²) < 4.78 is 1.85. The van der Waals surface area contributed by atoms with Gasteiger partial charge in [-0.05, 0) is 25.7 Å². The zero-order chi connectivity index (χ0) is 13.0. The van der Waals surface area contributed by atoms with Crippen LogP contribution in [0.1, 0.15) is 46.2 Å². The zero-order valence-electron chi connectivity index (χ0n) is 11.7. The highest BCUT2D eigenvalue weighted by molar-refractivity contribution is 5.65. The maximum absolute atomic E-state index is 6.08. The Labute approximate surface area is 105 Å². The second-order valence-electron chi connectivity index (χ2n) is 4.98. The van der Waals surface area contributed by atoms with Gasteiger partial charge in [0.25, 0.3) is 0 Å². The summed E-state index contributed by atoms with van der Waals surface area (Å²) in [6.45, 7) is 8.78. The van der Waals surface area contributed by atoms with E-state index in [-0.39, 0.29) is 0 Å². The minimum atomic E-state index is 0.423. The molecule has 0 saturated heterocycles. The van der Waals surface area contributed by atoms with Crippen molar-refractivity contribution in [3.05, 3.63) is 5.69 Å². The first kappa shape index (κ1) is 13.9. The average Bonchev–Trinajstić information content (AvgIpc) is 2.56. The number of hydrogen-bond donors (Lipinski definition) is 2. The first-order valence-electron chi connectivity index (χ1n) is 6.57. The molecular formula is C13H26N4. The van der Waals surface area contributed by atoms with Crippen LogP contribution in [-0.2, 0) is 13.5 Å². The van der Waals surface area contributed by atoms with E-state index in [4.69, 9.17) is 5.73 Å². The first-order chi connectivity index (χ1) is 7.99. The number of aryl methyl sites for hydroxylation is 2. The molecule has 1 heterocycles. The predicted molar refractivity (Wildman–Crippen MR) is 74.2 cm³/mol. The number of nitrogens with zero attached hydrogens (tertiary/aromatic N) is 2. The molecule has 4 nitrogen and oxygen atoms in total. The van der Waals surface area contributed by atoms with E-state index in [1.165, 1.54) is 6.42 Å². The first-order valence-corrected chi connectivity index (χ1v) is 6.57. The van der Waals surface area contributed by atoms with Crippen molar-refractivity contribution in [1.82, 2.24) is 9.78 Å². The lowest BCUT2D eigenvalue weighted by molar-refractivity contribution is 0.482. The highest BCUT2D eigenvalue weighted by Crippen LogP contribution is 2.24. The Morgan fingerprint density at radius 2 is 2.00 bits per heavy atom. The van der Waals surface area contributed by atoms with Gasteiger partial charge in [0.1, 0.15) is 5.82 Å². The van der Waals surface area contributed by atoms with Gasteiger partial charge in [-0.25, -0.2) is 0 Å². The predicted octanol–water partition coefficient (Wildman–Crippen LogP) is 2.80. The second-order valence-corrected chi connectivity index (χ2v) is 4.98. The van der Waals surface area contributed by atoms with E-state index in [9.17, 15) is 0 Å². The van der Waals surface area contributed by atoms with Gasteiger partial charge in [-0.3, -0.25) is 4.68 Å². The van der Waals surface area contributed by atoms with E-state index in [2.05, 4.69) is 38.1 Å². The SMILES string of the molecule is CCc1nn(C)c(NC(C)CC(C)CC)c1N. The van der Waals surface area contributed by atoms with Gasteiger partial charge in [0, 0.05) is 13.1 Å². The van der Waals surface area contributed by atoms with Gasteiger partial charge in [0.2, 0.25) is 0 Å². The van der Waals surface area contributed by atoms with Crippen LogP contribution >= 0.6 is 0 Å². The molecule has 1 aromatic rings. The van der Waals surface area contributed by atoms with Crippen molar-refractivity contribution in [2.24, 2.45) is 13.0 Å². The lowest BCUT2D eigenvalue weighted by Crippen LogP contribution is -2.20. The Kier molecular flexibility index (Phi) is 4.85. The van der Waals surface area contributed by atoms with Gasteiger partial charge in [-0.2, -0.15) is 5.10 Å². The number of aromatic nitrogens is 2. The van der Waals surface area contributed by atoms with Crippen LogP contribution in [0.2, 0.25) is 0 Å². The van der Waals surface area contributed by atoms with Crippen molar-refractivity contribution < 1.29 is 0 Å². The number of anilines is 2. The van der Waals surface area contributed by atoms with Gasteiger partial charge in [0.05, 0.1) is 11.4 Å². The molecule has 0 saturated carbocycles. The van der Waals surface area contributed by atoms with Crippen LogP contribution in [-0.4, -0.2) is 15.8 Å². The zero-order valence-corrected chi connectivity index (χ0v) is 11.7. The second kappa shape index (κ2) is 5.94. The van der Waals surface area contributed by atoms with Crippen molar-refractivity contribution in [1.29, 1.82) is 0 Å². The summed E-state index contributed by atoms with van der Waals surface area (Å²) in [5, 5.41) is 7.88. The van der Waals surface area contributed by atoms with E-state index in [1.807, 2.05) is 11.7 Å². The lowest BCUT2D eigenvalue weighted by Gasteiger charge is -2.19. The molecule has 2 unspecified atom stereocenters. The molecule has 1 rings (SSSR count). The number of nitrogens with one attached hydrogen (secondary N) is 1. The molecule has 0 amide bonds. The molecule has 3 N–H and O–H groups in total. The molecule has 0 aliphatic heterocycles. The number of nitrogens with two attached hydrogens (primary N) is 1. The molecule has 0 aromatic carbocycles. The monoisotopic (exact) mass is 238 g/mol. The maximum Gasteiger partial charge on any atom is 0.147 e. The number of rotatable bonds is 6. The van der Waals surface area contributed by atoms with E-state index in [0.29, 0.717) is 6.04 Å². The van der Waals surface area contributed by atoms with Gasteiger partial charge < -0.3 is 11.1 Å². The van der Waals surface area contributed by atoms with Gasteiger partial charge >= 0.3 is 0 Å². The molecule has 0 fully saturated rings. The van der Waals surface area contributed by atoms with Crippen molar-refractivity contribution in [3.8, 4) is 0 Å². The fourth-order valence-electron chi connectivity index (χ4n) is 2.09. The third-order valence-corrected chi connectivity index (χ3v) is 3.33. The Morgan fingerprint density at radius 3 is 2.47 bits per heavy atom. The van der Waals surface area contributed by atoms with Crippen molar-refractivity contribution in [2.45, 2.75) is 53.0 Å². The van der Waals surface area contributed by atoms with E-state index < -0.39 is 0 Å². The Morgan fingerprint density at radius 1 is 1.35 bits per heavy atom. The van der Waals surface area contributed by atoms with Crippen LogP contribution in [0.3, 0.4) is 0 Å². The number of hydrogen-bond acceptors (Lipinski definition) is 3. The van der Waals surface area contributed by atoms with E-state index in [1.54, 1.807) is 0 Å². The highest BCUT2D eigenvalue weighted by Gasteiger charge is 2.14. The summed E-state index contributed by atoms with van der Waals surface area (Å²) in [5.41, 5.74) is 7.86. The van der Waals surface area contributed by atoms with Crippen LogP contribution < -0.4 is 11.1 Å². The summed E-state index contributed by atoms with van der Waals surface area (Å²) >= 11 is 0. The third kappa shape index (κ3) is 3.38. The van der Waals surface area contributed by atoms with E-state index >= 15 is 0 Å². The average molecular weight is 238 g/mol. The molecule has 0 spiro atoms. The summed E-state index contributed by atoms with van der Waals surface area (Å²) in [4.78, 5) is 0. The van der Waals surface area contributed by atoms with Crippen LogP contribution in [0.4, 0.5) is 11.5 Å². The summed E-state index contributed by atoms with van der Waals surface area (Å²) in [7, 11) is 1.94. The van der Waals surface area contributed by atoms with Gasteiger partial charge in [-0.15, -0.1) is 0 Å². The minimum Gasteiger partial charge on any atom is -0.394 e. The lowest BCUT2D eigenvalue weighted by atomic mass is 10.0. The minimum absolute atomic E-state index is 0.423. The summed E-state index contributed by atoms with van der Waals surface area (Å²) in [5.74, 6) is 1.69. The highest BCUT2D eigenvalue weighted by atomic mass is 15.3. The van der Waals surface area contributed by atoms with Gasteiger partial charge in [-0.1, -0.05) is 27.2 Å². The molecule has 0 aliphatic carbocycles. The molecule has 17 heavy (non-hydrogen) atoms. The van der Waals surface area contributed by atoms with Crippen LogP contribution in [0, 0.1) is 5.92 Å². The van der Waals surface area contributed by atoms with Crippen LogP contribution in [0.5, 0.6) is 0 Å². The molecule has 0 bridgehead atoms. The fraction of sp³-hybridized carbons (Fsp3) is 0.769. The van der Waals surface area contributed by atoms with E-state index in [0.717, 1.165) is 36.0 Å². The normalized spacial score (nSPS) is 14.6. The fourth-order valence-corrected chi connectivity index (χ4v) is 2.09. The topological polar surface area (TPSA) is 55.9 Å². The molecule has 1 aromatic heterocycles. The Balaban J connectivity index is 2.71. The van der Waals surface area contributed by atoms with Gasteiger partial charge in [0.15, 0.2) is 0 Å². The summed E-state index contributed by atoms with van der Waals surface area (Å²) in [6.07, 6.45) is 3.25. The Hall–Kier alpha value is -1.19. The largest absolute Gasteiger partial charge is 0.394 e. The van der Waals surface area contributed by atoms with Crippen LogP contribution in [0.15, 0.2) is 0 Å². The Bertz CT molecular complexity index is 357. The van der Waals surface area contributed by atoms with Crippen molar-refractivity contribution in [2.75, 3.05) is 11.1 Å². The summed E-state index contributed by atoms with van der Waals surface area (Å²) in [6, 6.07) is 0.423. The van der Waals surface area contributed by atoms with Crippen molar-refractivity contribution in [3.63, 3.8) is 0 Å². The molecule has 98 valence electrons. The smallest absolute Gasteiger partial charge is 0.147 e. The molecule has 2 atom stereocenters. The number of nitrogen functional groups attached to an aromatic ring is 1. The molecular weight excluding hydrogens is 212 g/mol. The molecule has 0 aliphatic rings. The quantitative estimate of drug-likeness (QED) is 0.801. The molecule has 0 radical (unpaired) electrons. The van der Waals surface area contributed by atoms with Crippen molar-refractivity contribution >= 4 is 11.5 Å². The third-order valence-electron chi connectivity index (χ3n) is 3.33. The van der Waals surface area contributed by atoms with Crippen LogP contribution in [0.25, 0.3) is 0 Å². The molecule has 4 heteroatoms. The maximum atomic E-state index is 6.08.